The van der Waals surface area contributed by atoms with Crippen molar-refractivity contribution in [3.63, 3.8) is 0 Å². The van der Waals surface area contributed by atoms with Gasteiger partial charge < -0.3 is 0 Å². The average Bonchev–Trinajstić information content (AvgIpc) is 1.20. The van der Waals surface area contributed by atoms with Crippen LogP contribution < -0.4 is 0 Å². The van der Waals surface area contributed by atoms with E-state index in [2.05, 4.69) is 77.4 Å². The molecule has 0 saturated carbocycles. The van der Waals surface area contributed by atoms with Gasteiger partial charge in [-0.2, -0.15) is 0 Å². The molecule has 0 bridgehead atoms. The molecule has 0 spiro atoms. The van der Waals surface area contributed by atoms with Crippen molar-refractivity contribution >= 4 is 83.3 Å². The minimum absolute atomic E-state index is 0.801. The molecule has 0 aliphatic carbocycles. The molecule has 0 aliphatic rings. The first-order valence-electron chi connectivity index (χ1n) is 1.65. The van der Waals surface area contributed by atoms with Crippen molar-refractivity contribution < 1.29 is 4.21 Å². The van der Waals surface area contributed by atoms with Crippen LogP contribution >= 0.6 is 77.4 Å². The third-order valence-electron chi connectivity index (χ3n) is 0.501. The van der Waals surface area contributed by atoms with E-state index in [1.165, 1.54) is 6.26 Å². The van der Waals surface area contributed by atoms with Crippen molar-refractivity contribution in [3.05, 3.63) is 0 Å². The topological polar surface area (TPSA) is 17.1 Å². The maximum Gasteiger partial charge on any atom is 0.206 e. The van der Waals surface area contributed by atoms with Gasteiger partial charge in [0.15, 0.2) is 0 Å². The van der Waals surface area contributed by atoms with Gasteiger partial charge in [-0.1, -0.05) is 0 Å². The van der Waals surface area contributed by atoms with E-state index >= 15 is 0 Å². The van der Waals surface area contributed by atoms with Crippen molar-refractivity contribution in [2.24, 2.45) is 0 Å². The number of rotatable bonds is 0. The van der Waals surface area contributed by atoms with Crippen LogP contribution in [0.1, 0.15) is 0 Å². The molecule has 0 aromatic rings. The molecule has 0 unspecified atom stereocenters. The Balaban J connectivity index is 4.80. The number of hydrogen-bond acceptors (Lipinski definition) is 1. The van der Waals surface area contributed by atoms with Gasteiger partial charge in [-0.3, -0.25) is 4.21 Å². The minimum Gasteiger partial charge on any atom is -0.259 e. The van der Waals surface area contributed by atoms with Gasteiger partial charge in [0.25, 0.3) is 0 Å². The normalized spacial score (nSPS) is 18.7. The predicted molar refractivity (Wildman–Crippen MR) is 61.4 cm³/mol. The zero-order valence-corrected chi connectivity index (χ0v) is 13.0. The van der Waals surface area contributed by atoms with Crippen LogP contribution in [0.4, 0.5) is 0 Å². The highest BCUT2D eigenvalue weighted by atomic mass is 80.0. The molecule has 7 heteroatoms. The van der Waals surface area contributed by atoms with Crippen LogP contribution in [-0.2, 0) is 5.93 Å². The van der Waals surface area contributed by atoms with Crippen molar-refractivity contribution in [1.29, 1.82) is 0 Å². The third kappa shape index (κ3) is 3.64. The molecule has 0 atom stereocenters. The van der Waals surface area contributed by atoms with Crippen LogP contribution in [-0.4, -0.2) is 11.9 Å². The molecule has 0 aliphatic heterocycles. The molecule has 0 fully saturated rings. The summed E-state index contributed by atoms with van der Waals surface area (Å²) in [6.45, 7) is 0. The van der Waals surface area contributed by atoms with Crippen molar-refractivity contribution in [1.82, 2.24) is 0 Å². The highest BCUT2D eigenvalue weighted by molar-refractivity contribution is 9.89. The summed E-state index contributed by atoms with van der Waals surface area (Å²) in [6, 6.07) is 0. The largest absolute Gasteiger partial charge is 0.259 e. The van der Waals surface area contributed by atoms with E-state index < -0.39 is 7.41 Å². The second-order valence-electron chi connectivity index (χ2n) is 1.55. The van der Waals surface area contributed by atoms with Gasteiger partial charge in [-0.25, -0.2) is 0 Å². The molecule has 0 N–H and O–H groups in total. The summed E-state index contributed by atoms with van der Waals surface area (Å²) in [6.07, 6.45) is 1.54. The fraction of sp³-hybridized carbons (Fsp3) is 1.00. The van der Waals surface area contributed by atoms with E-state index in [9.17, 15) is 4.21 Å². The van der Waals surface area contributed by atoms with E-state index in [0.717, 1.165) is 0 Å². The molecular weight excluding hydrogens is 472 g/mol. The lowest BCUT2D eigenvalue weighted by Gasteiger charge is -2.32. The Kier molecular flexibility index (Phi) is 3.59. The standard InChI is InChI=1S/C2H3Br5OS/c1-9(6,7,8)2(3,4)5/h1H3. The molecule has 0 radical (unpaired) electrons. The Morgan fingerprint density at radius 2 is 1.33 bits per heavy atom. The maximum absolute atomic E-state index is 11.5. The van der Waals surface area contributed by atoms with Gasteiger partial charge in [0.2, 0.25) is 1.47 Å². The Hall–Kier alpha value is 2.55. The van der Waals surface area contributed by atoms with E-state index in [1.54, 1.807) is 0 Å². The molecule has 9 heavy (non-hydrogen) atoms. The Bertz CT molecular complexity index is 163. The van der Waals surface area contributed by atoms with Crippen LogP contribution in [0.3, 0.4) is 0 Å². The van der Waals surface area contributed by atoms with Crippen LogP contribution in [0.15, 0.2) is 0 Å². The highest BCUT2D eigenvalue weighted by Gasteiger charge is 2.44. The average molecular weight is 475 g/mol. The van der Waals surface area contributed by atoms with Gasteiger partial charge in [-0.05, 0) is 47.8 Å². The Morgan fingerprint density at radius 3 is 1.33 bits per heavy atom. The number of alkyl halides is 3. The van der Waals surface area contributed by atoms with Gasteiger partial charge in [0.1, 0.15) is 0 Å². The lowest BCUT2D eigenvalue weighted by molar-refractivity contribution is 0.684. The summed E-state index contributed by atoms with van der Waals surface area (Å²) in [7, 11) is 0. The van der Waals surface area contributed by atoms with E-state index in [-0.39, 0.29) is 0 Å². The van der Waals surface area contributed by atoms with Crippen molar-refractivity contribution in [3.8, 4) is 0 Å². The van der Waals surface area contributed by atoms with E-state index in [0.29, 0.717) is 0 Å². The molecule has 58 valence electrons. The second kappa shape index (κ2) is 2.80. The summed E-state index contributed by atoms with van der Waals surface area (Å²) in [5.41, 5.74) is 0. The van der Waals surface area contributed by atoms with Crippen molar-refractivity contribution in [2.45, 2.75) is 1.47 Å². The third-order valence-corrected chi connectivity index (χ3v) is 19.3. The lowest BCUT2D eigenvalue weighted by atomic mass is 11.9. The Morgan fingerprint density at radius 1 is 1.22 bits per heavy atom. The van der Waals surface area contributed by atoms with Crippen LogP contribution in [0, 0.1) is 0 Å². The summed E-state index contributed by atoms with van der Waals surface area (Å²) in [4.78, 5) is 0. The Labute approximate surface area is 93.9 Å². The van der Waals surface area contributed by atoms with Gasteiger partial charge >= 0.3 is 0 Å². The fourth-order valence-electron chi connectivity index (χ4n) is 0. The zero-order chi connectivity index (χ0) is 7.95. The highest BCUT2D eigenvalue weighted by Crippen LogP contribution is 2.60. The van der Waals surface area contributed by atoms with Crippen molar-refractivity contribution in [2.75, 3.05) is 6.26 Å². The van der Waals surface area contributed by atoms with Crippen LogP contribution in [0.25, 0.3) is 0 Å². The van der Waals surface area contributed by atoms with Crippen LogP contribution in [0.5, 0.6) is 0 Å². The van der Waals surface area contributed by atoms with E-state index in [1.807, 2.05) is 0 Å². The summed E-state index contributed by atoms with van der Waals surface area (Å²) < 4.78 is 10.7. The summed E-state index contributed by atoms with van der Waals surface area (Å²) in [5.74, 6) is -2.96. The zero-order valence-electron chi connectivity index (χ0n) is 4.21. The van der Waals surface area contributed by atoms with Gasteiger partial charge in [0.05, 0.1) is 0 Å². The number of hydrogen-bond donors (Lipinski definition) is 0. The van der Waals surface area contributed by atoms with Gasteiger partial charge in [0, 0.05) is 41.8 Å². The molecule has 0 aromatic heterocycles. The predicted octanol–water partition coefficient (Wildman–Crippen LogP) is 3.85. The first-order chi connectivity index (χ1) is 3.51. The minimum atomic E-state index is -2.96. The molecule has 0 saturated heterocycles. The monoisotopic (exact) mass is 470 g/mol. The summed E-state index contributed by atoms with van der Waals surface area (Å²) >= 11 is 15.5. The fourth-order valence-corrected chi connectivity index (χ4v) is 0. The van der Waals surface area contributed by atoms with Crippen LogP contribution in [0.2, 0.25) is 0 Å². The molecule has 0 amide bonds. The molecule has 0 aromatic carbocycles. The van der Waals surface area contributed by atoms with E-state index in [4.69, 9.17) is 0 Å². The van der Waals surface area contributed by atoms with Gasteiger partial charge in [-0.15, -0.1) is 0 Å². The number of halogens is 5. The first-order valence-corrected chi connectivity index (χ1v) is 10.1. The SMILES string of the molecule is CS(=O)(Br)(Br)C(Br)(Br)Br. The molecule has 0 heterocycles. The lowest BCUT2D eigenvalue weighted by Crippen LogP contribution is -2.28. The quantitative estimate of drug-likeness (QED) is 0.385. The molecular formula is C2H3Br5OS. The smallest absolute Gasteiger partial charge is 0.206 e. The molecule has 1 nitrogen and oxygen atoms in total. The second-order valence-corrected chi connectivity index (χ2v) is 24.7. The first kappa shape index (κ1) is 11.6. The maximum atomic E-state index is 11.5. The summed E-state index contributed by atoms with van der Waals surface area (Å²) in [5, 5.41) is 0. The molecule has 0 rings (SSSR count).